The molecule has 2 heterocycles. The number of aromatic nitrogens is 1. The molecule has 0 N–H and O–H groups in total. The summed E-state index contributed by atoms with van der Waals surface area (Å²) in [5, 5.41) is 5.59. The van der Waals surface area contributed by atoms with Gasteiger partial charge in [-0.3, -0.25) is 9.78 Å². The Morgan fingerprint density at radius 3 is 2.35 bits per heavy atom. The molecule has 26 heavy (non-hydrogen) atoms. The Kier molecular flexibility index (Phi) is 4.92. The van der Waals surface area contributed by atoms with E-state index in [1.54, 1.807) is 30.6 Å². The first-order chi connectivity index (χ1) is 12.6. The lowest BCUT2D eigenvalue weighted by molar-refractivity contribution is -0.135. The van der Waals surface area contributed by atoms with Gasteiger partial charge in [0.05, 0.1) is 21.3 Å². The summed E-state index contributed by atoms with van der Waals surface area (Å²) in [6.07, 6.45) is 2.60. The van der Waals surface area contributed by atoms with E-state index < -0.39 is 6.23 Å². The maximum atomic E-state index is 12.0. The van der Waals surface area contributed by atoms with Gasteiger partial charge in [0.15, 0.2) is 11.5 Å². The van der Waals surface area contributed by atoms with Crippen LogP contribution < -0.4 is 14.2 Å². The van der Waals surface area contributed by atoms with Gasteiger partial charge in [0, 0.05) is 30.4 Å². The number of benzene rings is 1. The minimum atomic E-state index is -0.685. The predicted molar refractivity (Wildman–Crippen MR) is 93.2 cm³/mol. The second-order valence-electron chi connectivity index (χ2n) is 5.44. The summed E-state index contributed by atoms with van der Waals surface area (Å²) in [6.45, 7) is 1.42. The van der Waals surface area contributed by atoms with Crippen molar-refractivity contribution in [3.63, 3.8) is 0 Å². The van der Waals surface area contributed by atoms with Crippen molar-refractivity contribution in [2.45, 2.75) is 13.2 Å². The van der Waals surface area contributed by atoms with Crippen LogP contribution in [-0.2, 0) is 9.53 Å². The van der Waals surface area contributed by atoms with Crippen molar-refractivity contribution in [3.05, 3.63) is 47.8 Å². The number of pyridine rings is 1. The van der Waals surface area contributed by atoms with E-state index >= 15 is 0 Å². The summed E-state index contributed by atoms with van der Waals surface area (Å²) in [4.78, 5) is 16.1. The van der Waals surface area contributed by atoms with Crippen LogP contribution in [0.4, 0.5) is 0 Å². The van der Waals surface area contributed by atoms with E-state index in [2.05, 4.69) is 10.1 Å². The number of hydrogen-bond acceptors (Lipinski definition) is 7. The highest BCUT2D eigenvalue weighted by atomic mass is 16.5. The number of ether oxygens (including phenoxy) is 4. The molecule has 1 aromatic carbocycles. The van der Waals surface area contributed by atoms with Gasteiger partial charge in [0.25, 0.3) is 0 Å². The molecule has 0 spiro atoms. The quantitative estimate of drug-likeness (QED) is 0.817. The fourth-order valence-corrected chi connectivity index (χ4v) is 2.63. The zero-order valence-corrected chi connectivity index (χ0v) is 14.9. The van der Waals surface area contributed by atoms with E-state index in [1.165, 1.54) is 33.3 Å². The molecule has 1 atom stereocenters. The van der Waals surface area contributed by atoms with Crippen molar-refractivity contribution in [2.75, 3.05) is 21.3 Å². The van der Waals surface area contributed by atoms with Crippen LogP contribution in [-0.4, -0.2) is 43.1 Å². The third kappa shape index (κ3) is 3.13. The summed E-state index contributed by atoms with van der Waals surface area (Å²) >= 11 is 0. The minimum absolute atomic E-state index is 0.249. The molecule has 8 nitrogen and oxygen atoms in total. The summed E-state index contributed by atoms with van der Waals surface area (Å²) in [6, 6.07) is 7.02. The molecule has 1 amide bonds. The maximum Gasteiger partial charge on any atom is 0.243 e. The predicted octanol–water partition coefficient (Wildman–Crippen LogP) is 2.35. The first-order valence-corrected chi connectivity index (χ1v) is 7.84. The second kappa shape index (κ2) is 7.30. The smallest absolute Gasteiger partial charge is 0.243 e. The molecular weight excluding hydrogens is 338 g/mol. The van der Waals surface area contributed by atoms with Gasteiger partial charge in [-0.25, -0.2) is 0 Å². The molecule has 1 aromatic heterocycles. The summed E-state index contributed by atoms with van der Waals surface area (Å²) in [7, 11) is 4.58. The average molecular weight is 357 g/mol. The van der Waals surface area contributed by atoms with Crippen LogP contribution in [0.15, 0.2) is 41.8 Å². The van der Waals surface area contributed by atoms with Gasteiger partial charge in [0.2, 0.25) is 23.8 Å². The largest absolute Gasteiger partial charge is 0.493 e. The lowest BCUT2D eigenvalue weighted by Crippen LogP contribution is -2.25. The van der Waals surface area contributed by atoms with Gasteiger partial charge in [-0.05, 0) is 18.2 Å². The van der Waals surface area contributed by atoms with Crippen LogP contribution >= 0.6 is 0 Å². The molecule has 2 aromatic rings. The maximum absolute atomic E-state index is 12.0. The molecule has 0 radical (unpaired) electrons. The topological polar surface area (TPSA) is 82.5 Å². The average Bonchev–Trinajstić information content (AvgIpc) is 3.13. The Balaban J connectivity index is 2.02. The van der Waals surface area contributed by atoms with Gasteiger partial charge in [-0.15, -0.1) is 5.10 Å². The minimum Gasteiger partial charge on any atom is -0.493 e. The standard InChI is InChI=1S/C18H19N3O5/c1-11(22)21-18(12-6-5-7-19-10-12)26-17(20-21)13-8-14(23-2)16(25-4)15(9-13)24-3/h5-10,18H,1-4H3/t18-/m1/s1. The van der Waals surface area contributed by atoms with Crippen LogP contribution in [0.3, 0.4) is 0 Å². The zero-order chi connectivity index (χ0) is 18.7. The number of hydrogen-bond donors (Lipinski definition) is 0. The number of carbonyl (C=O) groups excluding carboxylic acids is 1. The Morgan fingerprint density at radius 1 is 1.15 bits per heavy atom. The Hall–Kier alpha value is -3.29. The van der Waals surface area contributed by atoms with Crippen molar-refractivity contribution in [3.8, 4) is 17.2 Å². The number of methoxy groups -OCH3 is 3. The van der Waals surface area contributed by atoms with E-state index in [0.29, 0.717) is 28.4 Å². The Morgan fingerprint density at radius 2 is 1.85 bits per heavy atom. The van der Waals surface area contributed by atoms with E-state index in [4.69, 9.17) is 18.9 Å². The van der Waals surface area contributed by atoms with E-state index in [1.807, 2.05) is 6.07 Å². The van der Waals surface area contributed by atoms with Crippen LogP contribution in [0.2, 0.25) is 0 Å². The van der Waals surface area contributed by atoms with Gasteiger partial charge in [-0.2, -0.15) is 5.01 Å². The van der Waals surface area contributed by atoms with Gasteiger partial charge >= 0.3 is 0 Å². The van der Waals surface area contributed by atoms with Crippen molar-refractivity contribution in [2.24, 2.45) is 5.10 Å². The molecule has 1 aliphatic rings. The molecule has 0 saturated heterocycles. The molecular formula is C18H19N3O5. The second-order valence-corrected chi connectivity index (χ2v) is 5.44. The van der Waals surface area contributed by atoms with Crippen LogP contribution in [0.25, 0.3) is 0 Å². The third-order valence-electron chi connectivity index (χ3n) is 3.85. The number of carbonyl (C=O) groups is 1. The van der Waals surface area contributed by atoms with Crippen LogP contribution in [0.1, 0.15) is 24.3 Å². The molecule has 0 saturated carbocycles. The number of nitrogens with zero attached hydrogens (tertiary/aromatic N) is 3. The number of hydrazone groups is 1. The van der Waals surface area contributed by atoms with Crippen LogP contribution in [0, 0.1) is 0 Å². The van der Waals surface area contributed by atoms with Crippen molar-refractivity contribution >= 4 is 11.8 Å². The third-order valence-corrected chi connectivity index (χ3v) is 3.85. The highest BCUT2D eigenvalue weighted by molar-refractivity contribution is 5.97. The first kappa shape index (κ1) is 17.5. The van der Waals surface area contributed by atoms with E-state index in [9.17, 15) is 4.79 Å². The monoisotopic (exact) mass is 357 g/mol. The highest BCUT2D eigenvalue weighted by Crippen LogP contribution is 2.40. The van der Waals surface area contributed by atoms with Crippen molar-refractivity contribution in [1.29, 1.82) is 0 Å². The first-order valence-electron chi connectivity index (χ1n) is 7.84. The number of amides is 1. The van der Waals surface area contributed by atoms with E-state index in [0.717, 1.165) is 0 Å². The zero-order valence-electron chi connectivity index (χ0n) is 14.9. The SMILES string of the molecule is COc1cc(C2=NN(C(C)=O)[C@@H](c3cccnc3)O2)cc(OC)c1OC. The normalized spacial score (nSPS) is 15.9. The summed E-state index contributed by atoms with van der Waals surface area (Å²) < 4.78 is 22.0. The molecule has 3 rings (SSSR count). The molecule has 0 unspecified atom stereocenters. The molecule has 0 aliphatic carbocycles. The molecule has 1 aliphatic heterocycles. The van der Waals surface area contributed by atoms with Gasteiger partial charge in [-0.1, -0.05) is 6.07 Å². The van der Waals surface area contributed by atoms with Crippen molar-refractivity contribution in [1.82, 2.24) is 9.99 Å². The van der Waals surface area contributed by atoms with E-state index in [-0.39, 0.29) is 11.8 Å². The Labute approximate surface area is 150 Å². The van der Waals surface area contributed by atoms with Crippen molar-refractivity contribution < 1.29 is 23.7 Å². The molecule has 0 bridgehead atoms. The highest BCUT2D eigenvalue weighted by Gasteiger charge is 2.34. The lowest BCUT2D eigenvalue weighted by atomic mass is 10.1. The molecule has 0 fully saturated rings. The summed E-state index contributed by atoms with van der Waals surface area (Å²) in [5.41, 5.74) is 1.31. The fraction of sp³-hybridized carbons (Fsp3) is 0.278. The van der Waals surface area contributed by atoms with Gasteiger partial charge < -0.3 is 18.9 Å². The molecule has 136 valence electrons. The Bertz CT molecular complexity index is 813. The number of rotatable bonds is 5. The van der Waals surface area contributed by atoms with Gasteiger partial charge in [0.1, 0.15) is 0 Å². The fourth-order valence-electron chi connectivity index (χ4n) is 2.63. The summed E-state index contributed by atoms with van der Waals surface area (Å²) in [5.74, 6) is 1.42. The lowest BCUT2D eigenvalue weighted by Gasteiger charge is -2.18. The molecule has 8 heteroatoms. The van der Waals surface area contributed by atoms with Crippen LogP contribution in [0.5, 0.6) is 17.2 Å².